The maximum Gasteiger partial charge on any atom is 0.159 e. The zero-order chi connectivity index (χ0) is 13.7. The molecule has 1 heterocycles. The lowest BCUT2D eigenvalue weighted by atomic mass is 10.2. The van der Waals surface area contributed by atoms with Gasteiger partial charge in [0.1, 0.15) is 0 Å². The highest BCUT2D eigenvalue weighted by Gasteiger charge is 2.13. The second-order valence-corrected chi connectivity index (χ2v) is 5.96. The van der Waals surface area contributed by atoms with Crippen LogP contribution in [0.5, 0.6) is 0 Å². The molecule has 4 nitrogen and oxygen atoms in total. The number of hydrogen-bond donors (Lipinski definition) is 2. The van der Waals surface area contributed by atoms with E-state index in [4.69, 9.17) is 11.6 Å². The van der Waals surface area contributed by atoms with E-state index in [0.29, 0.717) is 13.2 Å². The van der Waals surface area contributed by atoms with Gasteiger partial charge in [-0.3, -0.25) is 4.90 Å². The fourth-order valence-corrected chi connectivity index (χ4v) is 2.71. The molecule has 0 fully saturated rings. The summed E-state index contributed by atoms with van der Waals surface area (Å²) in [6, 6.07) is 7.85. The molecule has 1 aliphatic rings. The van der Waals surface area contributed by atoms with Crippen molar-refractivity contribution in [3.05, 3.63) is 34.9 Å². The highest BCUT2D eigenvalue weighted by atomic mass is 35.5. The lowest BCUT2D eigenvalue weighted by Gasteiger charge is -2.27. The molecule has 1 aliphatic heterocycles. The van der Waals surface area contributed by atoms with E-state index < -0.39 is 0 Å². The zero-order valence-electron chi connectivity index (χ0n) is 11.2. The molecule has 0 spiro atoms. The van der Waals surface area contributed by atoms with Crippen LogP contribution in [0.4, 0.5) is 0 Å². The number of benzene rings is 1. The summed E-state index contributed by atoms with van der Waals surface area (Å²) in [6.45, 7) is 3.80. The molecule has 7 heteroatoms. The van der Waals surface area contributed by atoms with E-state index in [1.807, 2.05) is 24.3 Å². The van der Waals surface area contributed by atoms with Crippen LogP contribution in [0.1, 0.15) is 12.5 Å². The summed E-state index contributed by atoms with van der Waals surface area (Å²) in [7, 11) is 0. The Hall–Kier alpha value is -0.460. The standard InChI is InChI=1S/C13H18ClN3OS.ClH/c1-10(18)6-17-8-15-13(16-9-17)19-7-11-2-4-12(14)5-3-11;/h2-5,10,18H,6-9H2,1H3,(H,15,16);1H/p-1. The minimum absolute atomic E-state index is 0. The predicted octanol–water partition coefficient (Wildman–Crippen LogP) is -0.866. The Morgan fingerprint density at radius 1 is 1.45 bits per heavy atom. The molecule has 0 aliphatic carbocycles. The van der Waals surface area contributed by atoms with Gasteiger partial charge >= 0.3 is 0 Å². The number of hydrogen-bond acceptors (Lipinski definition) is 5. The maximum atomic E-state index is 9.31. The molecule has 0 saturated carbocycles. The third-order valence-electron chi connectivity index (χ3n) is 2.68. The first kappa shape index (κ1) is 17.6. The van der Waals surface area contributed by atoms with E-state index in [-0.39, 0.29) is 18.5 Å². The van der Waals surface area contributed by atoms with Crippen LogP contribution in [0, 0.1) is 0 Å². The molecule has 0 aromatic heterocycles. The Labute approximate surface area is 135 Å². The van der Waals surface area contributed by atoms with Crippen molar-refractivity contribution in [1.82, 2.24) is 10.2 Å². The molecule has 0 saturated heterocycles. The number of β-amino-alcohol motifs (C(OH)–C–C–N with tert-alkyl or cyclic N) is 1. The van der Waals surface area contributed by atoms with Gasteiger partial charge in [0.2, 0.25) is 0 Å². The lowest BCUT2D eigenvalue weighted by Crippen LogP contribution is -3.00. The van der Waals surface area contributed by atoms with Crippen LogP contribution in [0.25, 0.3) is 0 Å². The Morgan fingerprint density at radius 2 is 2.15 bits per heavy atom. The SMILES string of the molecule is CC(O)CN1CN=C(SCc2ccc(Cl)cc2)NC1.[Cl-]. The molecule has 0 amide bonds. The fraction of sp³-hybridized carbons (Fsp3) is 0.462. The molecule has 20 heavy (non-hydrogen) atoms. The third-order valence-corrected chi connectivity index (χ3v) is 3.96. The Kier molecular flexibility index (Phi) is 7.69. The number of rotatable bonds is 4. The minimum atomic E-state index is -0.319. The first-order valence-electron chi connectivity index (χ1n) is 6.19. The average Bonchev–Trinajstić information content (AvgIpc) is 2.39. The van der Waals surface area contributed by atoms with Crippen molar-refractivity contribution in [2.24, 2.45) is 4.99 Å². The number of aliphatic imine (C=N–C) groups is 1. The number of nitrogens with one attached hydrogen (secondary N) is 1. The van der Waals surface area contributed by atoms with Crippen LogP contribution >= 0.6 is 23.4 Å². The summed E-state index contributed by atoms with van der Waals surface area (Å²) in [6.07, 6.45) is -0.319. The van der Waals surface area contributed by atoms with Gasteiger partial charge in [0.25, 0.3) is 0 Å². The van der Waals surface area contributed by atoms with Gasteiger partial charge in [-0.25, -0.2) is 4.99 Å². The van der Waals surface area contributed by atoms with Gasteiger partial charge in [-0.1, -0.05) is 35.5 Å². The molecule has 0 radical (unpaired) electrons. The minimum Gasteiger partial charge on any atom is -1.00 e. The zero-order valence-corrected chi connectivity index (χ0v) is 13.5. The second-order valence-electron chi connectivity index (χ2n) is 4.56. The van der Waals surface area contributed by atoms with Crippen molar-refractivity contribution in [3.63, 3.8) is 0 Å². The van der Waals surface area contributed by atoms with E-state index in [9.17, 15) is 5.11 Å². The van der Waals surface area contributed by atoms with Crippen LogP contribution < -0.4 is 17.7 Å². The van der Waals surface area contributed by atoms with Crippen molar-refractivity contribution < 1.29 is 17.5 Å². The summed E-state index contributed by atoms with van der Waals surface area (Å²) in [4.78, 5) is 6.52. The highest BCUT2D eigenvalue weighted by molar-refractivity contribution is 8.13. The van der Waals surface area contributed by atoms with Gasteiger partial charge in [-0.05, 0) is 24.6 Å². The molecular weight excluding hydrogens is 317 g/mol. The summed E-state index contributed by atoms with van der Waals surface area (Å²) < 4.78 is 0. The van der Waals surface area contributed by atoms with Gasteiger partial charge in [0.05, 0.1) is 19.4 Å². The van der Waals surface area contributed by atoms with Crippen LogP contribution in [0.15, 0.2) is 29.3 Å². The summed E-state index contributed by atoms with van der Waals surface area (Å²) >= 11 is 7.53. The van der Waals surface area contributed by atoms with Crippen molar-refractivity contribution in [2.75, 3.05) is 19.9 Å². The number of aliphatic hydroxyl groups excluding tert-OH is 1. The van der Waals surface area contributed by atoms with E-state index in [2.05, 4.69) is 15.2 Å². The van der Waals surface area contributed by atoms with Gasteiger partial charge in [-0.2, -0.15) is 0 Å². The normalized spacial score (nSPS) is 16.9. The molecule has 0 bridgehead atoms. The molecule has 112 valence electrons. The number of amidine groups is 1. The molecule has 1 unspecified atom stereocenters. The summed E-state index contributed by atoms with van der Waals surface area (Å²) in [5.41, 5.74) is 1.23. The molecular formula is C13H18Cl2N3OS-. The fourth-order valence-electron chi connectivity index (χ4n) is 1.77. The second kappa shape index (κ2) is 8.74. The topological polar surface area (TPSA) is 47.9 Å². The van der Waals surface area contributed by atoms with Crippen molar-refractivity contribution in [2.45, 2.75) is 18.8 Å². The van der Waals surface area contributed by atoms with Gasteiger partial charge < -0.3 is 22.8 Å². The first-order chi connectivity index (χ1) is 9.13. The number of thioether (sulfide) groups is 1. The van der Waals surface area contributed by atoms with E-state index >= 15 is 0 Å². The predicted molar refractivity (Wildman–Crippen MR) is 81.4 cm³/mol. The Balaban J connectivity index is 0.00000200. The molecule has 2 rings (SSSR count). The average molecular weight is 335 g/mol. The molecule has 1 aromatic rings. The van der Waals surface area contributed by atoms with Crippen LogP contribution in [0.2, 0.25) is 5.02 Å². The summed E-state index contributed by atoms with van der Waals surface area (Å²) in [5, 5.41) is 14.3. The number of halogens is 2. The maximum absolute atomic E-state index is 9.31. The monoisotopic (exact) mass is 334 g/mol. The molecule has 1 aromatic carbocycles. The largest absolute Gasteiger partial charge is 1.00 e. The van der Waals surface area contributed by atoms with Crippen molar-refractivity contribution in [3.8, 4) is 0 Å². The molecule has 1 atom stereocenters. The number of aliphatic hydroxyl groups is 1. The van der Waals surface area contributed by atoms with Gasteiger partial charge in [-0.15, -0.1) is 0 Å². The van der Waals surface area contributed by atoms with Crippen molar-refractivity contribution in [1.29, 1.82) is 0 Å². The van der Waals surface area contributed by atoms with E-state index in [1.165, 1.54) is 5.56 Å². The van der Waals surface area contributed by atoms with E-state index in [0.717, 1.165) is 22.6 Å². The Bertz CT molecular complexity index is 440. The summed E-state index contributed by atoms with van der Waals surface area (Å²) in [5.74, 6) is 0.874. The van der Waals surface area contributed by atoms with Crippen LogP contribution in [0.3, 0.4) is 0 Å². The van der Waals surface area contributed by atoms with Gasteiger partial charge in [0, 0.05) is 17.3 Å². The van der Waals surface area contributed by atoms with Crippen molar-refractivity contribution >= 4 is 28.5 Å². The van der Waals surface area contributed by atoms with Crippen LogP contribution in [-0.4, -0.2) is 41.2 Å². The first-order valence-corrected chi connectivity index (χ1v) is 7.56. The smallest absolute Gasteiger partial charge is 0.159 e. The third kappa shape index (κ3) is 5.89. The molecule has 2 N–H and O–H groups in total. The quantitative estimate of drug-likeness (QED) is 0.752. The highest BCUT2D eigenvalue weighted by Crippen LogP contribution is 2.17. The lowest BCUT2D eigenvalue weighted by molar-refractivity contribution is -0.00000633. The van der Waals surface area contributed by atoms with Crippen LogP contribution in [-0.2, 0) is 5.75 Å². The Morgan fingerprint density at radius 3 is 2.70 bits per heavy atom. The number of nitrogens with zero attached hydrogens (tertiary/aromatic N) is 2. The van der Waals surface area contributed by atoms with E-state index in [1.54, 1.807) is 18.7 Å². The van der Waals surface area contributed by atoms with Gasteiger partial charge in [0.15, 0.2) is 5.17 Å².